The van der Waals surface area contributed by atoms with E-state index in [0.717, 1.165) is 21.2 Å². The molecule has 0 amide bonds. The van der Waals surface area contributed by atoms with Crippen molar-refractivity contribution < 1.29 is 9.84 Å². The van der Waals surface area contributed by atoms with Gasteiger partial charge in [0.2, 0.25) is 0 Å². The molecule has 0 unspecified atom stereocenters. The molecule has 1 aromatic heterocycles. The third kappa shape index (κ3) is 3.32. The van der Waals surface area contributed by atoms with Crippen molar-refractivity contribution in [2.75, 3.05) is 7.11 Å². The zero-order valence-electron chi connectivity index (χ0n) is 12.2. The fourth-order valence-electron chi connectivity index (χ4n) is 2.17. The minimum absolute atomic E-state index is 0.584. The maximum absolute atomic E-state index is 9.99. The van der Waals surface area contributed by atoms with E-state index < -0.39 is 6.10 Å². The van der Waals surface area contributed by atoms with Crippen LogP contribution in [-0.4, -0.2) is 17.2 Å². The number of hydrogen-bond acceptors (Lipinski definition) is 4. The Hall–Kier alpha value is -1.52. The molecule has 1 N–H and O–H groups in total. The summed E-state index contributed by atoms with van der Waals surface area (Å²) < 4.78 is 5.34. The molecule has 1 heterocycles. The standard InChI is InChI=1S/C16H19NO2S/c1-10-8-11(2)17-15(9-10)20-14-7-5-6-13(19-4)16(14)12(3)18/h5-9,12,18H,1-4H3/t12-/m1/s1. The van der Waals surface area contributed by atoms with Crippen LogP contribution >= 0.6 is 11.8 Å². The van der Waals surface area contributed by atoms with Crippen LogP contribution in [0.3, 0.4) is 0 Å². The number of ether oxygens (including phenoxy) is 1. The van der Waals surface area contributed by atoms with Crippen LogP contribution < -0.4 is 4.74 Å². The SMILES string of the molecule is COc1cccc(Sc2cc(C)cc(C)n2)c1[C@@H](C)O. The lowest BCUT2D eigenvalue weighted by molar-refractivity contribution is 0.191. The van der Waals surface area contributed by atoms with Gasteiger partial charge in [-0.3, -0.25) is 0 Å². The monoisotopic (exact) mass is 289 g/mol. The smallest absolute Gasteiger partial charge is 0.125 e. The molecule has 2 aromatic rings. The number of nitrogens with zero attached hydrogens (tertiary/aromatic N) is 1. The average Bonchev–Trinajstić information content (AvgIpc) is 2.36. The number of aliphatic hydroxyl groups excluding tert-OH is 1. The van der Waals surface area contributed by atoms with Crippen molar-refractivity contribution in [3.63, 3.8) is 0 Å². The lowest BCUT2D eigenvalue weighted by Gasteiger charge is -2.15. The Morgan fingerprint density at radius 2 is 2.00 bits per heavy atom. The molecular weight excluding hydrogens is 270 g/mol. The second-order valence-corrected chi connectivity index (χ2v) is 5.84. The molecule has 1 atom stereocenters. The molecule has 3 nitrogen and oxygen atoms in total. The molecule has 0 bridgehead atoms. The van der Waals surface area contributed by atoms with Crippen molar-refractivity contribution in [1.82, 2.24) is 4.98 Å². The van der Waals surface area contributed by atoms with Crippen molar-refractivity contribution in [2.24, 2.45) is 0 Å². The molecule has 2 rings (SSSR count). The first kappa shape index (κ1) is 14.9. The highest BCUT2D eigenvalue weighted by molar-refractivity contribution is 7.99. The first-order chi connectivity index (χ1) is 9.51. The number of hydrogen-bond donors (Lipinski definition) is 1. The van der Waals surface area contributed by atoms with Gasteiger partial charge in [0.15, 0.2) is 0 Å². The Bertz CT molecular complexity index is 591. The van der Waals surface area contributed by atoms with Crippen LogP contribution in [0.15, 0.2) is 40.3 Å². The van der Waals surface area contributed by atoms with Crippen LogP contribution in [0.25, 0.3) is 0 Å². The van der Waals surface area contributed by atoms with Gasteiger partial charge in [-0.15, -0.1) is 0 Å². The molecule has 0 aliphatic rings. The Labute approximate surface area is 124 Å². The highest BCUT2D eigenvalue weighted by Crippen LogP contribution is 2.37. The Morgan fingerprint density at radius 3 is 2.60 bits per heavy atom. The molecule has 0 fully saturated rings. The van der Waals surface area contributed by atoms with Crippen molar-refractivity contribution in [2.45, 2.75) is 36.8 Å². The van der Waals surface area contributed by atoms with Gasteiger partial charge in [0, 0.05) is 16.2 Å². The number of pyridine rings is 1. The summed E-state index contributed by atoms with van der Waals surface area (Å²) in [5.41, 5.74) is 2.98. The molecule has 1 aromatic carbocycles. The van der Waals surface area contributed by atoms with E-state index in [1.165, 1.54) is 5.56 Å². The highest BCUT2D eigenvalue weighted by atomic mass is 32.2. The van der Waals surface area contributed by atoms with Crippen LogP contribution in [0.2, 0.25) is 0 Å². The van der Waals surface area contributed by atoms with E-state index in [0.29, 0.717) is 5.75 Å². The summed E-state index contributed by atoms with van der Waals surface area (Å²) in [6, 6.07) is 9.86. The molecular formula is C16H19NO2S. The van der Waals surface area contributed by atoms with E-state index in [2.05, 4.69) is 11.9 Å². The molecule has 20 heavy (non-hydrogen) atoms. The minimum Gasteiger partial charge on any atom is -0.496 e. The van der Waals surface area contributed by atoms with Gasteiger partial charge in [-0.25, -0.2) is 4.98 Å². The summed E-state index contributed by atoms with van der Waals surface area (Å²) in [5.74, 6) is 0.703. The van der Waals surface area contributed by atoms with Gasteiger partial charge in [0.25, 0.3) is 0 Å². The first-order valence-corrected chi connectivity index (χ1v) is 7.31. The number of benzene rings is 1. The van der Waals surface area contributed by atoms with Crippen molar-refractivity contribution in [3.05, 3.63) is 47.2 Å². The summed E-state index contributed by atoms with van der Waals surface area (Å²) in [5, 5.41) is 10.9. The van der Waals surface area contributed by atoms with Gasteiger partial charge in [-0.1, -0.05) is 17.8 Å². The van der Waals surface area contributed by atoms with E-state index in [9.17, 15) is 5.11 Å². The summed E-state index contributed by atoms with van der Waals surface area (Å²) in [6.07, 6.45) is -0.584. The van der Waals surface area contributed by atoms with Gasteiger partial charge in [0.1, 0.15) is 10.8 Å². The lowest BCUT2D eigenvalue weighted by Crippen LogP contribution is -1.99. The minimum atomic E-state index is -0.584. The zero-order chi connectivity index (χ0) is 14.7. The van der Waals surface area contributed by atoms with Crippen molar-refractivity contribution in [1.29, 1.82) is 0 Å². The third-order valence-electron chi connectivity index (χ3n) is 2.95. The average molecular weight is 289 g/mol. The predicted octanol–water partition coefficient (Wildman–Crippen LogP) is 3.91. The Balaban J connectivity index is 2.42. The molecule has 0 radical (unpaired) electrons. The quantitative estimate of drug-likeness (QED) is 0.926. The molecule has 0 saturated heterocycles. The van der Waals surface area contributed by atoms with Gasteiger partial charge >= 0.3 is 0 Å². The van der Waals surface area contributed by atoms with Crippen LogP contribution in [0.4, 0.5) is 0 Å². The number of methoxy groups -OCH3 is 1. The summed E-state index contributed by atoms with van der Waals surface area (Å²) in [4.78, 5) is 5.50. The topological polar surface area (TPSA) is 42.4 Å². The van der Waals surface area contributed by atoms with Gasteiger partial charge in [0.05, 0.1) is 13.2 Å². The zero-order valence-corrected chi connectivity index (χ0v) is 13.0. The maximum Gasteiger partial charge on any atom is 0.125 e. The summed E-state index contributed by atoms with van der Waals surface area (Å²) >= 11 is 1.55. The number of aromatic nitrogens is 1. The van der Waals surface area contributed by atoms with E-state index in [1.807, 2.05) is 37.3 Å². The van der Waals surface area contributed by atoms with E-state index in [-0.39, 0.29) is 0 Å². The fourth-order valence-corrected chi connectivity index (χ4v) is 3.36. The normalized spacial score (nSPS) is 12.2. The number of aliphatic hydroxyl groups is 1. The van der Waals surface area contributed by atoms with E-state index in [4.69, 9.17) is 4.74 Å². The Morgan fingerprint density at radius 1 is 1.25 bits per heavy atom. The predicted molar refractivity (Wildman–Crippen MR) is 81.5 cm³/mol. The van der Waals surface area contributed by atoms with Crippen LogP contribution in [0, 0.1) is 13.8 Å². The number of rotatable bonds is 4. The summed E-state index contributed by atoms with van der Waals surface area (Å²) in [6.45, 7) is 5.79. The molecule has 4 heteroatoms. The van der Waals surface area contributed by atoms with Gasteiger partial charge in [-0.05, 0) is 50.6 Å². The maximum atomic E-state index is 9.99. The van der Waals surface area contributed by atoms with Crippen LogP contribution in [0.1, 0.15) is 29.8 Å². The van der Waals surface area contributed by atoms with Crippen LogP contribution in [0.5, 0.6) is 5.75 Å². The second kappa shape index (κ2) is 6.29. The second-order valence-electron chi connectivity index (χ2n) is 4.77. The molecule has 0 saturated carbocycles. The number of aryl methyl sites for hydroxylation is 2. The Kier molecular flexibility index (Phi) is 4.68. The van der Waals surface area contributed by atoms with Crippen molar-refractivity contribution in [3.8, 4) is 5.75 Å². The van der Waals surface area contributed by atoms with E-state index >= 15 is 0 Å². The molecule has 0 aliphatic heterocycles. The fraction of sp³-hybridized carbons (Fsp3) is 0.312. The molecule has 0 aliphatic carbocycles. The largest absolute Gasteiger partial charge is 0.496 e. The molecule has 106 valence electrons. The third-order valence-corrected chi connectivity index (χ3v) is 3.95. The van der Waals surface area contributed by atoms with Crippen molar-refractivity contribution >= 4 is 11.8 Å². The van der Waals surface area contributed by atoms with Gasteiger partial charge in [-0.2, -0.15) is 0 Å². The lowest BCUT2D eigenvalue weighted by atomic mass is 10.1. The van der Waals surface area contributed by atoms with Gasteiger partial charge < -0.3 is 9.84 Å². The first-order valence-electron chi connectivity index (χ1n) is 6.49. The van der Waals surface area contributed by atoms with Crippen LogP contribution in [-0.2, 0) is 0 Å². The highest BCUT2D eigenvalue weighted by Gasteiger charge is 2.15. The molecule has 0 spiro atoms. The summed E-state index contributed by atoms with van der Waals surface area (Å²) in [7, 11) is 1.62. The van der Waals surface area contributed by atoms with E-state index in [1.54, 1.807) is 25.8 Å².